The summed E-state index contributed by atoms with van der Waals surface area (Å²) in [5.74, 6) is -1.78. The molecule has 2 unspecified atom stereocenters. The van der Waals surface area contributed by atoms with Crippen LogP contribution >= 0.6 is 0 Å². The van der Waals surface area contributed by atoms with Crippen LogP contribution in [0.3, 0.4) is 0 Å². The summed E-state index contributed by atoms with van der Waals surface area (Å²) in [6.45, 7) is 1.51. The first-order valence-electron chi connectivity index (χ1n) is 14.4. The van der Waals surface area contributed by atoms with Crippen molar-refractivity contribution >= 4 is 46.5 Å². The Kier molecular flexibility index (Phi) is 8.25. The maximum absolute atomic E-state index is 14.7. The van der Waals surface area contributed by atoms with Crippen molar-refractivity contribution < 1.29 is 33.0 Å². The SMILES string of the molecule is COc1cc2ccc1OCCNC(=O)C(Cc1ccccc1)NC(=O)C1(C)Oc3ccc(cc3NC1=O)Nc1nc(ncc1F)N2. The van der Waals surface area contributed by atoms with Crippen molar-refractivity contribution in [1.29, 1.82) is 0 Å². The van der Waals surface area contributed by atoms with Gasteiger partial charge in [0, 0.05) is 23.9 Å². The van der Waals surface area contributed by atoms with Crippen molar-refractivity contribution in [2.45, 2.75) is 25.0 Å². The molecule has 0 fully saturated rings. The number of nitrogens with one attached hydrogen (secondary N) is 5. The van der Waals surface area contributed by atoms with Crippen LogP contribution in [0.15, 0.2) is 72.9 Å². The predicted molar refractivity (Wildman–Crippen MR) is 166 cm³/mol. The fraction of sp³-hybridized carbons (Fsp3) is 0.219. The Balaban J connectivity index is 1.34. The Morgan fingerprint density at radius 3 is 2.50 bits per heavy atom. The van der Waals surface area contributed by atoms with Crippen molar-refractivity contribution in [3.05, 3.63) is 84.3 Å². The molecule has 13 nitrogen and oxygen atoms in total. The van der Waals surface area contributed by atoms with E-state index in [1.807, 2.05) is 30.3 Å². The number of ether oxygens (including phenoxy) is 3. The monoisotopic (exact) mass is 627 g/mol. The summed E-state index contributed by atoms with van der Waals surface area (Å²) in [7, 11) is 1.48. The molecule has 4 aromatic rings. The summed E-state index contributed by atoms with van der Waals surface area (Å²) in [6, 6.07) is 17.8. The minimum Gasteiger partial charge on any atom is -0.493 e. The molecule has 6 aliphatic rings. The van der Waals surface area contributed by atoms with Gasteiger partial charge in [-0.1, -0.05) is 30.3 Å². The van der Waals surface area contributed by atoms with Crippen LogP contribution < -0.4 is 40.8 Å². The Morgan fingerprint density at radius 2 is 1.72 bits per heavy atom. The summed E-state index contributed by atoms with van der Waals surface area (Å²) in [6.07, 6.45) is 1.17. The Morgan fingerprint density at radius 1 is 0.957 bits per heavy atom. The number of nitrogens with zero attached hydrogens (tertiary/aromatic N) is 2. The van der Waals surface area contributed by atoms with Gasteiger partial charge in [-0.25, -0.2) is 9.37 Å². The molecule has 236 valence electrons. The van der Waals surface area contributed by atoms with Crippen molar-refractivity contribution in [2.24, 2.45) is 0 Å². The van der Waals surface area contributed by atoms with Crippen LogP contribution in [-0.2, 0) is 20.8 Å². The summed E-state index contributed by atoms with van der Waals surface area (Å²) in [5.41, 5.74) is -0.0367. The molecular weight excluding hydrogens is 597 g/mol. The Hall–Kier alpha value is -5.92. The van der Waals surface area contributed by atoms with Crippen LogP contribution in [0.4, 0.5) is 33.2 Å². The van der Waals surface area contributed by atoms with Crippen LogP contribution in [0.2, 0.25) is 0 Å². The van der Waals surface area contributed by atoms with Crippen molar-refractivity contribution in [3.63, 3.8) is 0 Å². The second kappa shape index (κ2) is 12.6. The molecule has 0 radical (unpaired) electrons. The Labute approximate surface area is 262 Å². The van der Waals surface area contributed by atoms with Crippen molar-refractivity contribution in [3.8, 4) is 17.2 Å². The van der Waals surface area contributed by atoms with Gasteiger partial charge >= 0.3 is 0 Å². The highest BCUT2D eigenvalue weighted by molar-refractivity contribution is 6.16. The van der Waals surface area contributed by atoms with Gasteiger partial charge in [-0.2, -0.15) is 4.98 Å². The predicted octanol–water partition coefficient (Wildman–Crippen LogP) is 3.44. The van der Waals surface area contributed by atoms with E-state index >= 15 is 0 Å². The number of benzene rings is 3. The zero-order chi connectivity index (χ0) is 32.3. The lowest BCUT2D eigenvalue weighted by Crippen LogP contribution is -2.62. The van der Waals surface area contributed by atoms with Crippen LogP contribution in [0.5, 0.6) is 17.2 Å². The van der Waals surface area contributed by atoms with Gasteiger partial charge in [-0.3, -0.25) is 14.4 Å². The van der Waals surface area contributed by atoms with Crippen LogP contribution in [-0.4, -0.2) is 59.6 Å². The van der Waals surface area contributed by atoms with Crippen LogP contribution in [0.25, 0.3) is 0 Å². The number of halogens is 1. The first-order valence-corrected chi connectivity index (χ1v) is 14.4. The second-order valence-electron chi connectivity index (χ2n) is 10.7. The highest BCUT2D eigenvalue weighted by atomic mass is 19.1. The average molecular weight is 628 g/mol. The molecule has 0 saturated heterocycles. The number of aromatic nitrogens is 2. The minimum absolute atomic E-state index is 0.0822. The second-order valence-corrected chi connectivity index (χ2v) is 10.7. The molecule has 7 heterocycles. The molecule has 3 aromatic carbocycles. The van der Waals surface area contributed by atoms with E-state index in [0.717, 1.165) is 11.8 Å². The first-order chi connectivity index (χ1) is 22.2. The minimum atomic E-state index is -2.00. The number of hydrogen-bond donors (Lipinski definition) is 5. The highest BCUT2D eigenvalue weighted by Gasteiger charge is 2.48. The van der Waals surface area contributed by atoms with E-state index in [1.165, 1.54) is 26.2 Å². The maximum atomic E-state index is 14.7. The van der Waals surface area contributed by atoms with Gasteiger partial charge in [0.15, 0.2) is 23.1 Å². The summed E-state index contributed by atoms with van der Waals surface area (Å²) >= 11 is 0. The van der Waals surface area contributed by atoms with Gasteiger partial charge in [0.25, 0.3) is 17.4 Å². The van der Waals surface area contributed by atoms with E-state index in [4.69, 9.17) is 14.2 Å². The van der Waals surface area contributed by atoms with Gasteiger partial charge in [-0.15, -0.1) is 0 Å². The molecule has 14 heteroatoms. The molecule has 1 aromatic heterocycles. The molecule has 6 aliphatic heterocycles. The number of hydrogen-bond acceptors (Lipinski definition) is 10. The van der Waals surface area contributed by atoms with Gasteiger partial charge in [0.05, 0.1) is 25.5 Å². The molecule has 46 heavy (non-hydrogen) atoms. The molecule has 10 rings (SSSR count). The third kappa shape index (κ3) is 6.31. The number of amides is 3. The molecule has 3 amide bonds. The third-order valence-electron chi connectivity index (χ3n) is 7.40. The van der Waals surface area contributed by atoms with E-state index in [9.17, 15) is 18.8 Å². The topological polar surface area (TPSA) is 165 Å². The van der Waals surface area contributed by atoms with Crippen molar-refractivity contribution in [1.82, 2.24) is 20.6 Å². The number of carbonyl (C=O) groups is 3. The van der Waals surface area contributed by atoms with Gasteiger partial charge in [0.1, 0.15) is 18.4 Å². The zero-order valence-corrected chi connectivity index (χ0v) is 24.8. The third-order valence-corrected chi connectivity index (χ3v) is 7.40. The largest absolute Gasteiger partial charge is 0.493 e. The maximum Gasteiger partial charge on any atom is 0.278 e. The normalized spacial score (nSPS) is 19.5. The Bertz CT molecular complexity index is 1810. The van der Waals surface area contributed by atoms with Crippen molar-refractivity contribution in [2.75, 3.05) is 36.2 Å². The summed E-state index contributed by atoms with van der Waals surface area (Å²) in [5, 5.41) is 14.1. The number of rotatable bonds is 3. The molecule has 0 aliphatic carbocycles. The lowest BCUT2D eigenvalue weighted by atomic mass is 9.99. The molecule has 0 saturated carbocycles. The molecule has 8 bridgehead atoms. The zero-order valence-electron chi connectivity index (χ0n) is 24.8. The van der Waals surface area contributed by atoms with Crippen LogP contribution in [0.1, 0.15) is 12.5 Å². The highest BCUT2D eigenvalue weighted by Crippen LogP contribution is 2.37. The standard InChI is InChI=1S/C32H30FN7O6/c1-32-29(42)38-22-15-19(8-10-24(22)46-32)36-27-21(33)17-35-31(40-27)37-20-9-11-25(26(16-20)44-2)45-13-12-34-28(41)23(39-30(32)43)14-18-6-4-3-5-7-18/h3-11,15-17,23H,12-14H2,1-2H3,(H,34,41)(H,38,42)(H,39,43)(H2,35,36,37,40). The number of methoxy groups -OCH3 is 1. The van der Waals surface area contributed by atoms with E-state index in [1.54, 1.807) is 24.3 Å². The van der Waals surface area contributed by atoms with E-state index in [2.05, 4.69) is 36.6 Å². The van der Waals surface area contributed by atoms with Gasteiger partial charge < -0.3 is 40.8 Å². The van der Waals surface area contributed by atoms with Gasteiger partial charge in [0.2, 0.25) is 11.9 Å². The molecular formula is C32H30FN7O6. The summed E-state index contributed by atoms with van der Waals surface area (Å²) in [4.78, 5) is 48.6. The fourth-order valence-electron chi connectivity index (χ4n) is 4.91. The number of carbonyl (C=O) groups excluding carboxylic acids is 3. The van der Waals surface area contributed by atoms with E-state index in [0.29, 0.717) is 22.9 Å². The van der Waals surface area contributed by atoms with Crippen LogP contribution in [0, 0.1) is 5.82 Å². The molecule has 5 N–H and O–H groups in total. The molecule has 2 atom stereocenters. The summed E-state index contributed by atoms with van der Waals surface area (Å²) < 4.78 is 32.0. The lowest BCUT2D eigenvalue weighted by molar-refractivity contribution is -0.148. The van der Waals surface area contributed by atoms with E-state index in [-0.39, 0.29) is 42.8 Å². The molecule has 0 spiro atoms. The van der Waals surface area contributed by atoms with E-state index < -0.39 is 35.2 Å². The number of anilines is 5. The quantitative estimate of drug-likeness (QED) is 0.213. The smallest absolute Gasteiger partial charge is 0.278 e. The fourth-order valence-corrected chi connectivity index (χ4v) is 4.91. The lowest BCUT2D eigenvalue weighted by Gasteiger charge is -2.34. The average Bonchev–Trinajstić information content (AvgIpc) is 3.05. The van der Waals surface area contributed by atoms with Gasteiger partial charge in [-0.05, 0) is 42.8 Å². The first kappa shape index (κ1) is 30.1.